The normalized spacial score (nSPS) is 16.3. The third kappa shape index (κ3) is 2.73. The highest BCUT2D eigenvalue weighted by Gasteiger charge is 2.17. The van der Waals surface area contributed by atoms with Gasteiger partial charge in [-0.25, -0.2) is 0 Å². The minimum atomic E-state index is -0.525. The van der Waals surface area contributed by atoms with E-state index in [-0.39, 0.29) is 63.3 Å². The molecule has 1 aromatic heterocycles. The second kappa shape index (κ2) is 7.08. The minimum Gasteiger partial charge on any atom is -0.456 e. The van der Waals surface area contributed by atoms with Crippen molar-refractivity contribution in [1.29, 1.82) is 0 Å². The molecule has 0 amide bonds. The third-order valence-corrected chi connectivity index (χ3v) is 5.89. The molecular formula is C32H20O. The van der Waals surface area contributed by atoms with E-state index < -0.39 is 36.3 Å². The van der Waals surface area contributed by atoms with E-state index >= 15 is 0 Å². The average Bonchev–Trinajstić information content (AvgIpc) is 3.41. The molecule has 0 radical (unpaired) electrons. The quantitative estimate of drug-likeness (QED) is 0.249. The number of fused-ring (bicyclic) bond motifs is 5. The lowest BCUT2D eigenvalue weighted by atomic mass is 9.86. The van der Waals surface area contributed by atoms with E-state index in [1.807, 2.05) is 30.3 Å². The molecule has 0 aliphatic heterocycles. The van der Waals surface area contributed by atoms with Crippen LogP contribution in [0, 0.1) is 0 Å². The van der Waals surface area contributed by atoms with Gasteiger partial charge in [0.15, 0.2) is 0 Å². The van der Waals surface area contributed by atoms with Crippen molar-refractivity contribution in [3.63, 3.8) is 0 Å². The van der Waals surface area contributed by atoms with Crippen LogP contribution in [0.25, 0.3) is 65.7 Å². The van der Waals surface area contributed by atoms with Crippen LogP contribution in [0.5, 0.6) is 0 Å². The van der Waals surface area contributed by atoms with Crippen LogP contribution in [0.15, 0.2) is 125 Å². The fourth-order valence-corrected chi connectivity index (χ4v) is 4.49. The van der Waals surface area contributed by atoms with Crippen LogP contribution in [-0.2, 0) is 0 Å². The lowest BCUT2D eigenvalue weighted by Gasteiger charge is -2.17. The lowest BCUT2D eigenvalue weighted by Crippen LogP contribution is -1.90. The molecule has 1 heteroatoms. The molecule has 33 heavy (non-hydrogen) atoms. The van der Waals surface area contributed by atoms with Crippen LogP contribution in [-0.4, -0.2) is 0 Å². The Kier molecular flexibility index (Phi) is 2.25. The van der Waals surface area contributed by atoms with Crippen molar-refractivity contribution < 1.29 is 19.5 Å². The number of hydrogen-bond donors (Lipinski definition) is 0. The lowest BCUT2D eigenvalue weighted by molar-refractivity contribution is 0.669. The first-order valence-corrected chi connectivity index (χ1v) is 10.4. The molecule has 0 saturated heterocycles. The Morgan fingerprint density at radius 3 is 1.70 bits per heavy atom. The first-order chi connectivity index (χ1) is 20.9. The molecule has 7 rings (SSSR count). The van der Waals surface area contributed by atoms with Gasteiger partial charge in [0.2, 0.25) is 0 Å². The Labute approximate surface area is 207 Å². The number of furan rings is 1. The third-order valence-electron chi connectivity index (χ3n) is 5.89. The SMILES string of the molecule is [2H]c1cc2c(-c3ccccc3)c3cc([2H])c([2H])cc3c(-c3c([2H])c([2H])c4c(oc5c([2H])c([2H])c([2H])c([2H])c54)c3[2H])c2cc1[2H]. The second-order valence-corrected chi connectivity index (χ2v) is 7.69. The molecule has 0 aliphatic rings. The minimum absolute atomic E-state index is 0.0549. The molecule has 0 aliphatic carbocycles. The van der Waals surface area contributed by atoms with Gasteiger partial charge in [0.1, 0.15) is 11.2 Å². The van der Waals surface area contributed by atoms with Gasteiger partial charge in [-0.3, -0.25) is 0 Å². The maximum absolute atomic E-state index is 9.27. The molecule has 154 valence electrons. The maximum atomic E-state index is 9.27. The zero-order valence-corrected chi connectivity index (χ0v) is 17.1. The summed E-state index contributed by atoms with van der Waals surface area (Å²) in [5.74, 6) is 0. The molecule has 1 heterocycles. The summed E-state index contributed by atoms with van der Waals surface area (Å²) in [4.78, 5) is 0. The molecule has 7 aromatic rings. The maximum Gasteiger partial charge on any atom is 0.136 e. The highest BCUT2D eigenvalue weighted by molar-refractivity contribution is 6.22. The zero-order valence-electron chi connectivity index (χ0n) is 28.1. The fraction of sp³-hybridized carbons (Fsp3) is 0. The molecule has 0 fully saturated rings. The van der Waals surface area contributed by atoms with Crippen LogP contribution in [0.3, 0.4) is 0 Å². The summed E-state index contributed by atoms with van der Waals surface area (Å²) in [6.45, 7) is 0. The van der Waals surface area contributed by atoms with Crippen molar-refractivity contribution >= 4 is 43.5 Å². The van der Waals surface area contributed by atoms with E-state index in [4.69, 9.17) is 18.1 Å². The number of benzene rings is 6. The molecule has 0 bridgehead atoms. The highest BCUT2D eigenvalue weighted by atomic mass is 16.3. The van der Waals surface area contributed by atoms with Gasteiger partial charge in [0.05, 0.1) is 15.1 Å². The van der Waals surface area contributed by atoms with Crippen LogP contribution < -0.4 is 0 Å². The van der Waals surface area contributed by atoms with Crippen molar-refractivity contribution in [2.75, 3.05) is 0 Å². The molecule has 0 N–H and O–H groups in total. The molecule has 6 aromatic carbocycles. The van der Waals surface area contributed by atoms with Crippen molar-refractivity contribution in [3.8, 4) is 22.3 Å². The number of hydrogen-bond acceptors (Lipinski definition) is 1. The van der Waals surface area contributed by atoms with Crippen molar-refractivity contribution in [2.45, 2.75) is 0 Å². The van der Waals surface area contributed by atoms with Gasteiger partial charge in [0, 0.05) is 10.8 Å². The smallest absolute Gasteiger partial charge is 0.136 e. The monoisotopic (exact) mass is 431 g/mol. The predicted molar refractivity (Wildman–Crippen MR) is 140 cm³/mol. The average molecular weight is 432 g/mol. The van der Waals surface area contributed by atoms with Crippen LogP contribution in [0.4, 0.5) is 0 Å². The van der Waals surface area contributed by atoms with E-state index in [0.29, 0.717) is 27.1 Å². The summed E-state index contributed by atoms with van der Waals surface area (Å²) >= 11 is 0. The Hall–Kier alpha value is -4.36. The van der Waals surface area contributed by atoms with E-state index in [2.05, 4.69) is 0 Å². The first-order valence-electron chi connectivity index (χ1n) is 15.9. The largest absolute Gasteiger partial charge is 0.456 e. The number of para-hydroxylation sites is 1. The molecule has 0 atom stereocenters. The van der Waals surface area contributed by atoms with Gasteiger partial charge in [-0.1, -0.05) is 103 Å². The van der Waals surface area contributed by atoms with Gasteiger partial charge in [0.25, 0.3) is 0 Å². The highest BCUT2D eigenvalue weighted by Crippen LogP contribution is 2.44. The van der Waals surface area contributed by atoms with Crippen molar-refractivity contribution in [3.05, 3.63) is 121 Å². The summed E-state index contributed by atoms with van der Waals surface area (Å²) in [5.41, 5.74) is 1.20. The molecular weight excluding hydrogens is 400 g/mol. The van der Waals surface area contributed by atoms with Gasteiger partial charge >= 0.3 is 0 Å². The van der Waals surface area contributed by atoms with Gasteiger partial charge in [-0.15, -0.1) is 0 Å². The van der Waals surface area contributed by atoms with Crippen molar-refractivity contribution in [1.82, 2.24) is 0 Å². The zero-order chi connectivity index (χ0) is 31.4. The Morgan fingerprint density at radius 1 is 0.455 bits per heavy atom. The number of rotatable bonds is 2. The topological polar surface area (TPSA) is 13.1 Å². The fourth-order valence-electron chi connectivity index (χ4n) is 4.49. The molecule has 0 unspecified atom stereocenters. The summed E-state index contributed by atoms with van der Waals surface area (Å²) in [7, 11) is 0. The Morgan fingerprint density at radius 2 is 1.03 bits per heavy atom. The van der Waals surface area contributed by atoms with Gasteiger partial charge in [-0.05, 0) is 61.9 Å². The standard InChI is InChI=1S/C32H20O/c1-2-10-21(11-3-1)31-25-13-4-6-15-27(25)32(28-16-7-5-14-26(28)31)22-18-19-24-23-12-8-9-17-29(23)33-30(24)20-22/h1-20H/i4D,5D,6D,7D,8D,9D,12D,17D,18D,19D,20D. The van der Waals surface area contributed by atoms with E-state index in [1.165, 1.54) is 24.3 Å². The van der Waals surface area contributed by atoms with Gasteiger partial charge in [-0.2, -0.15) is 0 Å². The van der Waals surface area contributed by atoms with E-state index in [9.17, 15) is 1.37 Å². The van der Waals surface area contributed by atoms with Crippen molar-refractivity contribution in [2.24, 2.45) is 0 Å². The molecule has 0 spiro atoms. The van der Waals surface area contributed by atoms with Crippen LogP contribution in [0.2, 0.25) is 0 Å². The van der Waals surface area contributed by atoms with Crippen LogP contribution >= 0.6 is 0 Å². The predicted octanol–water partition coefficient (Wildman–Crippen LogP) is 9.23. The summed E-state index contributed by atoms with van der Waals surface area (Å²) < 4.78 is 100. The van der Waals surface area contributed by atoms with E-state index in [1.54, 1.807) is 0 Å². The Balaban J connectivity index is 1.75. The summed E-state index contributed by atoms with van der Waals surface area (Å²) in [6.07, 6.45) is 0. The summed E-state index contributed by atoms with van der Waals surface area (Å²) in [6, 6.07) is 11.8. The molecule has 0 saturated carbocycles. The van der Waals surface area contributed by atoms with Crippen LogP contribution in [0.1, 0.15) is 15.1 Å². The second-order valence-electron chi connectivity index (χ2n) is 7.69. The summed E-state index contributed by atoms with van der Waals surface area (Å²) in [5, 5.41) is 1.67. The Bertz CT molecular complexity index is 2330. The van der Waals surface area contributed by atoms with E-state index in [0.717, 1.165) is 5.56 Å². The van der Waals surface area contributed by atoms with Gasteiger partial charge < -0.3 is 4.42 Å². The first kappa shape index (κ1) is 10.5. The molecule has 1 nitrogen and oxygen atoms in total.